The van der Waals surface area contributed by atoms with E-state index in [9.17, 15) is 10.1 Å². The third-order valence-electron chi connectivity index (χ3n) is 1.46. The molecule has 64 valence electrons. The molecule has 0 amide bonds. The maximum atomic E-state index is 10.4. The molecular weight excluding hydrogens is 180 g/mol. The van der Waals surface area contributed by atoms with Gasteiger partial charge in [-0.1, -0.05) is 11.6 Å². The second kappa shape index (κ2) is 3.51. The molecule has 0 fully saturated rings. The molecule has 5 heteroatoms. The Labute approximate surface area is 74.1 Å². The fourth-order valence-electron chi connectivity index (χ4n) is 0.880. The Hall–Kier alpha value is -1.13. The Bertz CT molecular complexity index is 314. The quantitative estimate of drug-likeness (QED) is 0.565. The number of halogens is 1. The van der Waals surface area contributed by atoms with Gasteiger partial charge in [-0.15, -0.1) is 0 Å². The van der Waals surface area contributed by atoms with Crippen LogP contribution in [0.15, 0.2) is 18.2 Å². The zero-order valence-corrected chi connectivity index (χ0v) is 6.91. The van der Waals surface area contributed by atoms with Crippen LogP contribution in [-0.2, 0) is 6.54 Å². The lowest BCUT2D eigenvalue weighted by molar-refractivity contribution is -0.385. The van der Waals surface area contributed by atoms with Crippen LogP contribution in [0.3, 0.4) is 0 Å². The van der Waals surface area contributed by atoms with Crippen LogP contribution in [0, 0.1) is 10.1 Å². The smallest absolute Gasteiger partial charge is 0.275 e. The number of nitro groups is 1. The molecule has 2 N–H and O–H groups in total. The van der Waals surface area contributed by atoms with Gasteiger partial charge < -0.3 is 5.73 Å². The molecule has 0 saturated carbocycles. The lowest BCUT2D eigenvalue weighted by atomic mass is 10.2. The molecule has 4 nitrogen and oxygen atoms in total. The molecule has 0 aromatic heterocycles. The molecule has 0 atom stereocenters. The Morgan fingerprint density at radius 2 is 2.25 bits per heavy atom. The minimum atomic E-state index is -0.492. The predicted octanol–water partition coefficient (Wildman–Crippen LogP) is 1.71. The molecule has 0 spiro atoms. The summed E-state index contributed by atoms with van der Waals surface area (Å²) in [4.78, 5) is 9.93. The Kier molecular flexibility index (Phi) is 2.62. The van der Waals surface area contributed by atoms with Crippen molar-refractivity contribution in [3.05, 3.63) is 38.9 Å². The van der Waals surface area contributed by atoms with E-state index in [0.717, 1.165) is 0 Å². The van der Waals surface area contributed by atoms with E-state index in [2.05, 4.69) is 0 Å². The average Bonchev–Trinajstić information content (AvgIpc) is 2.04. The van der Waals surface area contributed by atoms with Gasteiger partial charge in [0.25, 0.3) is 5.69 Å². The van der Waals surface area contributed by atoms with Crippen molar-refractivity contribution in [2.24, 2.45) is 5.73 Å². The fraction of sp³-hybridized carbons (Fsp3) is 0.143. The summed E-state index contributed by atoms with van der Waals surface area (Å²) in [6.45, 7) is 0.146. The number of hydrogen-bond acceptors (Lipinski definition) is 3. The minimum Gasteiger partial charge on any atom is -0.326 e. The van der Waals surface area contributed by atoms with Crippen molar-refractivity contribution in [1.29, 1.82) is 0 Å². The van der Waals surface area contributed by atoms with E-state index < -0.39 is 4.92 Å². The third kappa shape index (κ3) is 1.72. The van der Waals surface area contributed by atoms with Gasteiger partial charge in [-0.25, -0.2) is 0 Å². The molecule has 0 saturated heterocycles. The number of hydrogen-bond donors (Lipinski definition) is 1. The molecule has 0 radical (unpaired) electrons. The van der Waals surface area contributed by atoms with Gasteiger partial charge in [0, 0.05) is 23.2 Å². The monoisotopic (exact) mass is 186 g/mol. The second-order valence-corrected chi connectivity index (χ2v) is 2.67. The van der Waals surface area contributed by atoms with E-state index in [4.69, 9.17) is 17.3 Å². The molecule has 0 aliphatic carbocycles. The Balaban J connectivity index is 3.21. The van der Waals surface area contributed by atoms with Crippen LogP contribution in [0.4, 0.5) is 5.69 Å². The van der Waals surface area contributed by atoms with E-state index in [-0.39, 0.29) is 12.2 Å². The van der Waals surface area contributed by atoms with Gasteiger partial charge in [-0.2, -0.15) is 0 Å². The van der Waals surface area contributed by atoms with Gasteiger partial charge in [0.15, 0.2) is 0 Å². The van der Waals surface area contributed by atoms with Crippen molar-refractivity contribution < 1.29 is 4.92 Å². The van der Waals surface area contributed by atoms with Gasteiger partial charge in [0.2, 0.25) is 0 Å². The van der Waals surface area contributed by atoms with Crippen molar-refractivity contribution in [3.8, 4) is 0 Å². The molecule has 0 aliphatic heterocycles. The van der Waals surface area contributed by atoms with Crippen molar-refractivity contribution in [2.45, 2.75) is 6.54 Å². The molecule has 0 bridgehead atoms. The van der Waals surface area contributed by atoms with E-state index in [1.807, 2.05) is 0 Å². The first-order valence-electron chi connectivity index (χ1n) is 3.28. The first kappa shape index (κ1) is 8.96. The van der Waals surface area contributed by atoms with Gasteiger partial charge in [0.05, 0.1) is 4.92 Å². The van der Waals surface area contributed by atoms with E-state index in [1.54, 1.807) is 12.1 Å². The van der Waals surface area contributed by atoms with Crippen LogP contribution in [0.2, 0.25) is 5.02 Å². The molecule has 12 heavy (non-hydrogen) atoms. The molecule has 0 heterocycles. The first-order valence-corrected chi connectivity index (χ1v) is 3.66. The number of benzene rings is 1. The molecule has 1 aromatic rings. The van der Waals surface area contributed by atoms with Gasteiger partial charge in [0.1, 0.15) is 0 Å². The summed E-state index contributed by atoms with van der Waals surface area (Å²) in [5.41, 5.74) is 5.76. The summed E-state index contributed by atoms with van der Waals surface area (Å²) >= 11 is 5.57. The molecular formula is C7H7ClN2O2. The highest BCUT2D eigenvalue weighted by molar-refractivity contribution is 6.30. The van der Waals surface area contributed by atoms with E-state index in [1.165, 1.54) is 6.07 Å². The Morgan fingerprint density at radius 3 is 2.75 bits per heavy atom. The zero-order valence-electron chi connectivity index (χ0n) is 6.16. The first-order chi connectivity index (χ1) is 5.65. The van der Waals surface area contributed by atoms with Crippen LogP contribution in [0.5, 0.6) is 0 Å². The highest BCUT2D eigenvalue weighted by Gasteiger charge is 2.11. The van der Waals surface area contributed by atoms with Crippen molar-refractivity contribution in [2.75, 3.05) is 0 Å². The topological polar surface area (TPSA) is 69.2 Å². The SMILES string of the molecule is NCc1ccc(Cl)cc1[N+](=O)[O-]. The van der Waals surface area contributed by atoms with Gasteiger partial charge in [-0.3, -0.25) is 10.1 Å². The lowest BCUT2D eigenvalue weighted by Crippen LogP contribution is -2.01. The highest BCUT2D eigenvalue weighted by Crippen LogP contribution is 2.22. The maximum absolute atomic E-state index is 10.4. The summed E-state index contributed by atoms with van der Waals surface area (Å²) < 4.78 is 0. The van der Waals surface area contributed by atoms with E-state index >= 15 is 0 Å². The minimum absolute atomic E-state index is 0.0231. The highest BCUT2D eigenvalue weighted by atomic mass is 35.5. The number of rotatable bonds is 2. The van der Waals surface area contributed by atoms with Crippen molar-refractivity contribution >= 4 is 17.3 Å². The Morgan fingerprint density at radius 1 is 1.58 bits per heavy atom. The van der Waals surface area contributed by atoms with Crippen molar-refractivity contribution in [1.82, 2.24) is 0 Å². The normalized spacial score (nSPS) is 9.83. The van der Waals surface area contributed by atoms with Crippen LogP contribution in [-0.4, -0.2) is 4.92 Å². The predicted molar refractivity (Wildman–Crippen MR) is 46.0 cm³/mol. The number of nitrogens with two attached hydrogens (primary N) is 1. The van der Waals surface area contributed by atoms with Gasteiger partial charge in [-0.05, 0) is 12.1 Å². The second-order valence-electron chi connectivity index (χ2n) is 2.23. The molecule has 0 unspecified atom stereocenters. The van der Waals surface area contributed by atoms with Crippen LogP contribution in [0.25, 0.3) is 0 Å². The molecule has 1 aromatic carbocycles. The standard InChI is InChI=1S/C7H7ClN2O2/c8-6-2-1-5(4-9)7(3-6)10(11)12/h1-3H,4,9H2. The maximum Gasteiger partial charge on any atom is 0.275 e. The summed E-state index contributed by atoms with van der Waals surface area (Å²) in [5.74, 6) is 0. The number of nitro benzene ring substituents is 1. The largest absolute Gasteiger partial charge is 0.326 e. The fourth-order valence-corrected chi connectivity index (χ4v) is 1.05. The van der Waals surface area contributed by atoms with E-state index in [0.29, 0.717) is 10.6 Å². The third-order valence-corrected chi connectivity index (χ3v) is 1.70. The summed E-state index contributed by atoms with van der Waals surface area (Å²) in [6, 6.07) is 4.43. The summed E-state index contributed by atoms with van der Waals surface area (Å²) in [6.07, 6.45) is 0. The van der Waals surface area contributed by atoms with Crippen molar-refractivity contribution in [3.63, 3.8) is 0 Å². The van der Waals surface area contributed by atoms with Gasteiger partial charge >= 0.3 is 0 Å². The summed E-state index contributed by atoms with van der Waals surface area (Å²) in [7, 11) is 0. The lowest BCUT2D eigenvalue weighted by Gasteiger charge is -1.98. The van der Waals surface area contributed by atoms with Crippen LogP contribution < -0.4 is 5.73 Å². The summed E-state index contributed by atoms with van der Waals surface area (Å²) in [5, 5.41) is 10.8. The van der Waals surface area contributed by atoms with Crippen LogP contribution >= 0.6 is 11.6 Å². The molecule has 1 rings (SSSR count). The number of nitrogens with zero attached hydrogens (tertiary/aromatic N) is 1. The van der Waals surface area contributed by atoms with Crippen LogP contribution in [0.1, 0.15) is 5.56 Å². The molecule has 0 aliphatic rings. The zero-order chi connectivity index (χ0) is 9.14. The average molecular weight is 187 g/mol.